The van der Waals surface area contributed by atoms with Crippen molar-refractivity contribution in [3.05, 3.63) is 58.2 Å². The summed E-state index contributed by atoms with van der Waals surface area (Å²) in [4.78, 5) is 31.6. The van der Waals surface area contributed by atoms with E-state index >= 15 is 0 Å². The van der Waals surface area contributed by atoms with Gasteiger partial charge in [-0.15, -0.1) is 0 Å². The second kappa shape index (κ2) is 7.31. The summed E-state index contributed by atoms with van der Waals surface area (Å²) in [5, 5.41) is 11.3. The van der Waals surface area contributed by atoms with E-state index in [9.17, 15) is 9.59 Å². The summed E-state index contributed by atoms with van der Waals surface area (Å²) >= 11 is 1.12. The second-order valence-corrected chi connectivity index (χ2v) is 7.12. The maximum absolute atomic E-state index is 12.4. The highest BCUT2D eigenvalue weighted by molar-refractivity contribution is 7.99. The number of carbonyl (C=O) groups is 1. The van der Waals surface area contributed by atoms with Gasteiger partial charge >= 0.3 is 0 Å². The molecule has 1 amide bonds. The minimum atomic E-state index is -0.307. The second-order valence-electron chi connectivity index (χ2n) is 6.16. The summed E-state index contributed by atoms with van der Waals surface area (Å²) in [7, 11) is 0. The van der Waals surface area contributed by atoms with Gasteiger partial charge in [0.25, 0.3) is 5.56 Å². The van der Waals surface area contributed by atoms with Crippen molar-refractivity contribution in [2.45, 2.75) is 19.0 Å². The summed E-state index contributed by atoms with van der Waals surface area (Å²) < 4.78 is 6.51. The first-order valence-electron chi connectivity index (χ1n) is 8.40. The van der Waals surface area contributed by atoms with Gasteiger partial charge in [0.15, 0.2) is 16.6 Å². The minimum absolute atomic E-state index is 0.0546. The zero-order valence-electron chi connectivity index (χ0n) is 15.1. The van der Waals surface area contributed by atoms with Crippen LogP contribution in [0.2, 0.25) is 0 Å². The Bertz CT molecular complexity index is 1210. The van der Waals surface area contributed by atoms with Crippen LogP contribution >= 0.6 is 11.8 Å². The molecule has 0 aliphatic carbocycles. The monoisotopic (exact) mass is 396 g/mol. The highest BCUT2D eigenvalue weighted by Gasteiger charge is 2.13. The van der Waals surface area contributed by atoms with E-state index in [-0.39, 0.29) is 17.2 Å². The number of aromatic amines is 1. The first-order valence-corrected chi connectivity index (χ1v) is 9.39. The Morgan fingerprint density at radius 3 is 2.79 bits per heavy atom. The number of nitrogens with one attached hydrogen (secondary N) is 2. The van der Waals surface area contributed by atoms with Crippen molar-refractivity contribution in [3.63, 3.8) is 0 Å². The predicted molar refractivity (Wildman–Crippen MR) is 105 cm³/mol. The number of carbonyl (C=O) groups excluding carboxylic acids is 1. The average Bonchev–Trinajstić information content (AvgIpc) is 3.27. The molecule has 3 heterocycles. The van der Waals surface area contributed by atoms with Crippen molar-refractivity contribution in [3.8, 4) is 5.69 Å². The lowest BCUT2D eigenvalue weighted by Gasteiger charge is -2.05. The van der Waals surface area contributed by atoms with Gasteiger partial charge in [-0.2, -0.15) is 5.10 Å². The summed E-state index contributed by atoms with van der Waals surface area (Å²) in [6, 6.07) is 9.35. The molecule has 0 bridgehead atoms. The molecular formula is C18H16N6O3S. The number of aryl methyl sites for hydroxylation is 2. The molecule has 2 N–H and O–H groups in total. The Balaban J connectivity index is 1.56. The molecule has 142 valence electrons. The van der Waals surface area contributed by atoms with Gasteiger partial charge in [-0.3, -0.25) is 9.59 Å². The lowest BCUT2D eigenvalue weighted by atomic mass is 10.2. The minimum Gasteiger partial charge on any atom is -0.360 e. The Morgan fingerprint density at radius 1 is 1.29 bits per heavy atom. The fraction of sp³-hybridized carbons (Fsp3) is 0.167. The normalized spacial score (nSPS) is 11.1. The van der Waals surface area contributed by atoms with E-state index in [1.807, 2.05) is 31.2 Å². The van der Waals surface area contributed by atoms with Crippen molar-refractivity contribution < 1.29 is 9.32 Å². The number of hydrogen-bond acceptors (Lipinski definition) is 7. The number of amides is 1. The van der Waals surface area contributed by atoms with Crippen LogP contribution in [0.15, 0.2) is 51.0 Å². The lowest BCUT2D eigenvalue weighted by Crippen LogP contribution is -2.16. The smallest absolute Gasteiger partial charge is 0.262 e. The van der Waals surface area contributed by atoms with E-state index in [1.54, 1.807) is 17.7 Å². The Kier molecular flexibility index (Phi) is 4.70. The fourth-order valence-corrected chi connectivity index (χ4v) is 3.24. The van der Waals surface area contributed by atoms with Crippen LogP contribution in [0.3, 0.4) is 0 Å². The first kappa shape index (κ1) is 18.0. The van der Waals surface area contributed by atoms with Gasteiger partial charge in [0, 0.05) is 6.07 Å². The van der Waals surface area contributed by atoms with E-state index in [0.29, 0.717) is 27.8 Å². The van der Waals surface area contributed by atoms with Gasteiger partial charge in [-0.25, -0.2) is 9.67 Å². The zero-order chi connectivity index (χ0) is 19.7. The van der Waals surface area contributed by atoms with Crippen molar-refractivity contribution in [2.24, 2.45) is 0 Å². The molecule has 4 aromatic rings. The molecule has 0 aliphatic heterocycles. The standard InChI is InChI=1S/C18H16N6O3S/c1-10-3-5-12(6-4-10)24-16-13(8-19-24)17(26)22-18(21-16)28-9-15(25)20-14-7-11(2)27-23-14/h3-8H,9H2,1-2H3,(H,20,23,25)(H,21,22,26). The molecule has 1 aromatic carbocycles. The molecule has 28 heavy (non-hydrogen) atoms. The number of anilines is 1. The van der Waals surface area contributed by atoms with Crippen molar-refractivity contribution in [2.75, 3.05) is 11.1 Å². The van der Waals surface area contributed by atoms with Crippen LogP contribution in [0.1, 0.15) is 11.3 Å². The molecule has 0 atom stereocenters. The number of benzene rings is 1. The molecule has 9 nitrogen and oxygen atoms in total. The van der Waals surface area contributed by atoms with E-state index < -0.39 is 0 Å². The van der Waals surface area contributed by atoms with Crippen molar-refractivity contribution >= 4 is 34.5 Å². The van der Waals surface area contributed by atoms with Crippen LogP contribution in [0.25, 0.3) is 16.7 Å². The quantitative estimate of drug-likeness (QED) is 0.393. The van der Waals surface area contributed by atoms with Gasteiger partial charge in [-0.1, -0.05) is 34.6 Å². The van der Waals surface area contributed by atoms with Gasteiger partial charge in [0.05, 0.1) is 17.6 Å². The zero-order valence-corrected chi connectivity index (χ0v) is 15.9. The molecule has 10 heteroatoms. The fourth-order valence-electron chi connectivity index (χ4n) is 2.58. The number of aromatic nitrogens is 5. The Labute approximate surface area is 163 Å². The number of rotatable bonds is 5. The van der Waals surface area contributed by atoms with Gasteiger partial charge in [-0.05, 0) is 26.0 Å². The molecule has 0 saturated carbocycles. The van der Waals surface area contributed by atoms with Gasteiger partial charge in [0.2, 0.25) is 5.91 Å². The highest BCUT2D eigenvalue weighted by Crippen LogP contribution is 2.18. The number of H-pyrrole nitrogens is 1. The van der Waals surface area contributed by atoms with Gasteiger partial charge < -0.3 is 14.8 Å². The number of hydrogen-bond donors (Lipinski definition) is 2. The first-order chi connectivity index (χ1) is 13.5. The third-order valence-corrected chi connectivity index (χ3v) is 4.80. The van der Waals surface area contributed by atoms with E-state index in [0.717, 1.165) is 23.0 Å². The van der Waals surface area contributed by atoms with Crippen LogP contribution < -0.4 is 10.9 Å². The predicted octanol–water partition coefficient (Wildman–Crippen LogP) is 2.44. The maximum atomic E-state index is 12.4. The third-order valence-electron chi connectivity index (χ3n) is 3.93. The SMILES string of the molecule is Cc1ccc(-n2ncc3c(=O)[nH]c(SCC(=O)Nc4cc(C)on4)nc32)cc1. The molecule has 0 saturated heterocycles. The van der Waals surface area contributed by atoms with Crippen LogP contribution in [0, 0.1) is 13.8 Å². The Morgan fingerprint density at radius 2 is 2.07 bits per heavy atom. The number of fused-ring (bicyclic) bond motifs is 1. The van der Waals surface area contributed by atoms with Crippen LogP contribution in [-0.2, 0) is 4.79 Å². The molecular weight excluding hydrogens is 380 g/mol. The molecule has 3 aromatic heterocycles. The molecule has 4 rings (SSSR count). The van der Waals surface area contributed by atoms with Gasteiger partial charge in [0.1, 0.15) is 11.1 Å². The summed E-state index contributed by atoms with van der Waals surface area (Å²) in [6.45, 7) is 3.73. The lowest BCUT2D eigenvalue weighted by molar-refractivity contribution is -0.113. The van der Waals surface area contributed by atoms with Crippen molar-refractivity contribution in [1.29, 1.82) is 0 Å². The van der Waals surface area contributed by atoms with E-state index in [2.05, 4.69) is 25.5 Å². The molecule has 0 unspecified atom stereocenters. The molecule has 0 radical (unpaired) electrons. The molecule has 0 aliphatic rings. The summed E-state index contributed by atoms with van der Waals surface area (Å²) in [5.41, 5.74) is 2.05. The number of thioether (sulfide) groups is 1. The average molecular weight is 396 g/mol. The van der Waals surface area contributed by atoms with E-state index in [1.165, 1.54) is 6.20 Å². The van der Waals surface area contributed by atoms with Crippen molar-refractivity contribution in [1.82, 2.24) is 24.9 Å². The molecule has 0 spiro atoms. The third kappa shape index (κ3) is 3.67. The largest absolute Gasteiger partial charge is 0.360 e. The maximum Gasteiger partial charge on any atom is 0.262 e. The Hall–Kier alpha value is -3.40. The van der Waals surface area contributed by atoms with Crippen LogP contribution in [0.4, 0.5) is 5.82 Å². The topological polar surface area (TPSA) is 119 Å². The van der Waals surface area contributed by atoms with Crippen LogP contribution in [0.5, 0.6) is 0 Å². The van der Waals surface area contributed by atoms with E-state index in [4.69, 9.17) is 4.52 Å². The summed E-state index contributed by atoms with van der Waals surface area (Å²) in [5.74, 6) is 0.716. The molecule has 0 fully saturated rings. The number of nitrogens with zero attached hydrogens (tertiary/aromatic N) is 4. The highest BCUT2D eigenvalue weighted by atomic mass is 32.2. The summed E-state index contributed by atoms with van der Waals surface area (Å²) in [6.07, 6.45) is 1.48. The van der Waals surface area contributed by atoms with Crippen LogP contribution in [-0.4, -0.2) is 36.6 Å².